The Morgan fingerprint density at radius 3 is 2.76 bits per heavy atom. The lowest BCUT2D eigenvalue weighted by molar-refractivity contribution is 0.165. The van der Waals surface area contributed by atoms with Gasteiger partial charge in [-0.3, -0.25) is 0 Å². The minimum atomic E-state index is 0.315. The number of methoxy groups -OCH3 is 1. The highest BCUT2D eigenvalue weighted by Crippen LogP contribution is 2.32. The summed E-state index contributed by atoms with van der Waals surface area (Å²) in [5.41, 5.74) is 1.20. The van der Waals surface area contributed by atoms with Crippen LogP contribution in [0.5, 0.6) is 0 Å². The second kappa shape index (κ2) is 9.28. The summed E-state index contributed by atoms with van der Waals surface area (Å²) in [6.07, 6.45) is 5.07. The van der Waals surface area contributed by atoms with Crippen molar-refractivity contribution in [1.82, 2.24) is 10.6 Å². The molecule has 1 heterocycles. The first kappa shape index (κ1) is 17.5. The van der Waals surface area contributed by atoms with Gasteiger partial charge in [0.25, 0.3) is 0 Å². The third-order valence-electron chi connectivity index (χ3n) is 4.37. The standard InChI is InChI=1S/C20H27N3O2/c1-24-15-19(17-9-10-17)23-20(21-12-11-18-8-5-13-25-18)22-14-16-6-3-2-4-7-16/h2-8,13,17,19H,9-12,14-15H2,1H3,(H2,21,22,23). The van der Waals surface area contributed by atoms with Gasteiger partial charge in [-0.25, -0.2) is 4.99 Å². The van der Waals surface area contributed by atoms with Crippen molar-refractivity contribution in [2.24, 2.45) is 10.9 Å². The van der Waals surface area contributed by atoms with Gasteiger partial charge in [0.15, 0.2) is 5.96 Å². The van der Waals surface area contributed by atoms with E-state index in [1.54, 1.807) is 13.4 Å². The van der Waals surface area contributed by atoms with Crippen LogP contribution in [0.15, 0.2) is 58.1 Å². The molecule has 1 aromatic heterocycles. The SMILES string of the molecule is COCC(NC(=NCc1ccccc1)NCCc1ccco1)C1CC1. The molecule has 1 atom stereocenters. The normalized spacial score (nSPS) is 15.8. The third kappa shape index (κ3) is 5.94. The molecule has 2 N–H and O–H groups in total. The van der Waals surface area contributed by atoms with Crippen molar-refractivity contribution in [1.29, 1.82) is 0 Å². The van der Waals surface area contributed by atoms with Crippen LogP contribution >= 0.6 is 0 Å². The lowest BCUT2D eigenvalue weighted by Gasteiger charge is -2.21. The Hall–Kier alpha value is -2.27. The van der Waals surface area contributed by atoms with Crippen LogP contribution in [-0.2, 0) is 17.7 Å². The maximum atomic E-state index is 5.39. The predicted octanol–water partition coefficient (Wildman–Crippen LogP) is 2.98. The summed E-state index contributed by atoms with van der Waals surface area (Å²) in [6, 6.07) is 14.5. The van der Waals surface area contributed by atoms with Gasteiger partial charge >= 0.3 is 0 Å². The Kier molecular flexibility index (Phi) is 6.51. The Labute approximate surface area is 149 Å². The number of ether oxygens (including phenoxy) is 1. The minimum absolute atomic E-state index is 0.315. The number of benzene rings is 1. The number of guanidine groups is 1. The molecular formula is C20H27N3O2. The topological polar surface area (TPSA) is 58.8 Å². The maximum Gasteiger partial charge on any atom is 0.191 e. The molecule has 0 amide bonds. The van der Waals surface area contributed by atoms with Gasteiger partial charge in [0, 0.05) is 20.1 Å². The molecule has 0 saturated heterocycles. The van der Waals surface area contributed by atoms with Crippen LogP contribution in [0.4, 0.5) is 0 Å². The van der Waals surface area contributed by atoms with Crippen LogP contribution < -0.4 is 10.6 Å². The van der Waals surface area contributed by atoms with Gasteiger partial charge in [-0.1, -0.05) is 30.3 Å². The lowest BCUT2D eigenvalue weighted by Crippen LogP contribution is -2.47. The molecule has 1 fully saturated rings. The van der Waals surface area contributed by atoms with Crippen LogP contribution in [0.1, 0.15) is 24.2 Å². The number of aliphatic imine (C=N–C) groups is 1. The van der Waals surface area contributed by atoms with Crippen molar-refractivity contribution in [2.75, 3.05) is 20.3 Å². The predicted molar refractivity (Wildman–Crippen MR) is 99.5 cm³/mol. The quantitative estimate of drug-likeness (QED) is 0.544. The molecule has 0 aliphatic heterocycles. The summed E-state index contributed by atoms with van der Waals surface area (Å²) >= 11 is 0. The molecule has 1 saturated carbocycles. The average molecular weight is 341 g/mol. The van der Waals surface area contributed by atoms with Crippen LogP contribution in [0, 0.1) is 5.92 Å². The van der Waals surface area contributed by atoms with E-state index in [4.69, 9.17) is 14.1 Å². The second-order valence-corrected chi connectivity index (χ2v) is 6.45. The van der Waals surface area contributed by atoms with E-state index >= 15 is 0 Å². The van der Waals surface area contributed by atoms with E-state index in [1.807, 2.05) is 30.3 Å². The van der Waals surface area contributed by atoms with E-state index in [0.29, 0.717) is 25.1 Å². The number of nitrogens with one attached hydrogen (secondary N) is 2. The van der Waals surface area contributed by atoms with Gasteiger partial charge in [-0.15, -0.1) is 0 Å². The number of nitrogens with zero attached hydrogens (tertiary/aromatic N) is 1. The molecule has 0 bridgehead atoms. The van der Waals surface area contributed by atoms with E-state index in [9.17, 15) is 0 Å². The highest BCUT2D eigenvalue weighted by Gasteiger charge is 2.31. The summed E-state index contributed by atoms with van der Waals surface area (Å²) in [5, 5.41) is 6.97. The van der Waals surface area contributed by atoms with E-state index in [-0.39, 0.29) is 0 Å². The lowest BCUT2D eigenvalue weighted by atomic mass is 10.2. The number of furan rings is 1. The fourth-order valence-electron chi connectivity index (χ4n) is 2.81. The Morgan fingerprint density at radius 2 is 2.08 bits per heavy atom. The first-order valence-corrected chi connectivity index (χ1v) is 8.95. The van der Waals surface area contributed by atoms with Crippen molar-refractivity contribution >= 4 is 5.96 Å². The Bertz CT molecular complexity index is 636. The highest BCUT2D eigenvalue weighted by molar-refractivity contribution is 5.80. The fraction of sp³-hybridized carbons (Fsp3) is 0.450. The average Bonchev–Trinajstić information content (AvgIpc) is 3.36. The molecule has 25 heavy (non-hydrogen) atoms. The van der Waals surface area contributed by atoms with Crippen molar-refractivity contribution in [3.05, 3.63) is 60.1 Å². The molecule has 1 aromatic carbocycles. The van der Waals surface area contributed by atoms with Gasteiger partial charge in [0.2, 0.25) is 0 Å². The summed E-state index contributed by atoms with van der Waals surface area (Å²) < 4.78 is 10.8. The zero-order chi connectivity index (χ0) is 17.3. The van der Waals surface area contributed by atoms with Crippen molar-refractivity contribution in [3.8, 4) is 0 Å². The fourth-order valence-corrected chi connectivity index (χ4v) is 2.81. The zero-order valence-corrected chi connectivity index (χ0v) is 14.8. The number of rotatable bonds is 9. The van der Waals surface area contributed by atoms with Crippen LogP contribution in [0.2, 0.25) is 0 Å². The molecule has 5 heteroatoms. The van der Waals surface area contributed by atoms with Gasteiger partial charge in [0.05, 0.1) is 25.5 Å². The first-order valence-electron chi connectivity index (χ1n) is 8.95. The minimum Gasteiger partial charge on any atom is -0.469 e. The van der Waals surface area contributed by atoms with E-state index in [2.05, 4.69) is 22.8 Å². The molecule has 1 unspecified atom stereocenters. The molecule has 0 spiro atoms. The van der Waals surface area contributed by atoms with Gasteiger partial charge in [-0.2, -0.15) is 0 Å². The van der Waals surface area contributed by atoms with Crippen molar-refractivity contribution in [3.63, 3.8) is 0 Å². The number of hydrogen-bond acceptors (Lipinski definition) is 3. The summed E-state index contributed by atoms with van der Waals surface area (Å²) in [4.78, 5) is 4.75. The summed E-state index contributed by atoms with van der Waals surface area (Å²) in [6.45, 7) is 2.13. The smallest absolute Gasteiger partial charge is 0.191 e. The molecule has 1 aliphatic carbocycles. The van der Waals surface area contributed by atoms with Gasteiger partial charge in [0.1, 0.15) is 5.76 Å². The van der Waals surface area contributed by atoms with Crippen molar-refractivity contribution in [2.45, 2.75) is 31.8 Å². The zero-order valence-electron chi connectivity index (χ0n) is 14.8. The monoisotopic (exact) mass is 341 g/mol. The molecule has 134 valence electrons. The highest BCUT2D eigenvalue weighted by atomic mass is 16.5. The Morgan fingerprint density at radius 1 is 1.24 bits per heavy atom. The van der Waals surface area contributed by atoms with Gasteiger partial charge in [-0.05, 0) is 36.5 Å². The third-order valence-corrected chi connectivity index (χ3v) is 4.37. The largest absolute Gasteiger partial charge is 0.469 e. The van der Waals surface area contributed by atoms with Gasteiger partial charge < -0.3 is 19.8 Å². The summed E-state index contributed by atoms with van der Waals surface area (Å²) in [7, 11) is 1.75. The molecule has 1 aliphatic rings. The van der Waals surface area contributed by atoms with E-state index < -0.39 is 0 Å². The molecular weight excluding hydrogens is 314 g/mol. The molecule has 3 rings (SSSR count). The molecule has 2 aromatic rings. The molecule has 0 radical (unpaired) electrons. The van der Waals surface area contributed by atoms with E-state index in [1.165, 1.54) is 18.4 Å². The van der Waals surface area contributed by atoms with Crippen LogP contribution in [-0.4, -0.2) is 32.3 Å². The Balaban J connectivity index is 1.59. The number of hydrogen-bond donors (Lipinski definition) is 2. The first-order chi connectivity index (χ1) is 12.3. The van der Waals surface area contributed by atoms with Crippen LogP contribution in [0.25, 0.3) is 0 Å². The second-order valence-electron chi connectivity index (χ2n) is 6.45. The van der Waals surface area contributed by atoms with Crippen LogP contribution in [0.3, 0.4) is 0 Å². The maximum absolute atomic E-state index is 5.39. The van der Waals surface area contributed by atoms with Crippen molar-refractivity contribution < 1.29 is 9.15 Å². The van der Waals surface area contributed by atoms with E-state index in [0.717, 1.165) is 24.7 Å². The molecule has 5 nitrogen and oxygen atoms in total. The summed E-state index contributed by atoms with van der Waals surface area (Å²) in [5.74, 6) is 2.50.